The van der Waals surface area contributed by atoms with Gasteiger partial charge in [0.15, 0.2) is 0 Å². The second-order valence-corrected chi connectivity index (χ2v) is 13.3. The van der Waals surface area contributed by atoms with Gasteiger partial charge >= 0.3 is 6.03 Å². The molecule has 8 rings (SSSR count). The number of carbonyl (C=O) groups excluding carboxylic acids is 1. The maximum absolute atomic E-state index is 12.4. The first kappa shape index (κ1) is 36.4. The monoisotopic (exact) mass is 694 g/mol. The number of aryl methyl sites for hydroxylation is 2. The van der Waals surface area contributed by atoms with Gasteiger partial charge in [0, 0.05) is 90.2 Å². The summed E-state index contributed by atoms with van der Waals surface area (Å²) in [7, 11) is 0. The molecule has 0 atom stereocenters. The van der Waals surface area contributed by atoms with Crippen LogP contribution in [0, 0.1) is 13.8 Å². The number of nitrogens with one attached hydrogen (secondary N) is 2. The number of H-pyrrole nitrogens is 1. The Kier molecular flexibility index (Phi) is 13.1. The molecule has 52 heavy (non-hydrogen) atoms. The average Bonchev–Trinajstić information content (AvgIpc) is 3.97. The van der Waals surface area contributed by atoms with Crippen molar-refractivity contribution in [2.45, 2.75) is 26.9 Å². The molecule has 4 heterocycles. The zero-order valence-electron chi connectivity index (χ0n) is 30.4. The van der Waals surface area contributed by atoms with Gasteiger partial charge in [0.2, 0.25) is 0 Å². The topological polar surface area (TPSA) is 85.3 Å². The van der Waals surface area contributed by atoms with Crippen molar-refractivity contribution < 1.29 is 4.79 Å². The van der Waals surface area contributed by atoms with Gasteiger partial charge in [-0.1, -0.05) is 97.1 Å². The Hall–Kier alpha value is -5.35. The Morgan fingerprint density at radius 2 is 1.17 bits per heavy atom. The number of aromatic nitrogens is 4. The Labute approximate surface area is 307 Å². The number of nitrogens with zero attached hydrogens (tertiary/aromatic N) is 6. The molecule has 9 heteroatoms. The molecule has 0 bridgehead atoms. The van der Waals surface area contributed by atoms with Crippen molar-refractivity contribution in [3.63, 3.8) is 0 Å². The lowest BCUT2D eigenvalue weighted by Gasteiger charge is -2.34. The maximum Gasteiger partial charge on any atom is 0.344 e. The molecule has 0 radical (unpaired) electrons. The second-order valence-electron chi connectivity index (χ2n) is 13.3. The van der Waals surface area contributed by atoms with E-state index < -0.39 is 0 Å². The van der Waals surface area contributed by atoms with Crippen molar-refractivity contribution in [1.82, 2.24) is 40.0 Å². The second kappa shape index (κ2) is 18.8. The number of benzene rings is 4. The number of hydrogen-bond acceptors (Lipinski definition) is 6. The quantitative estimate of drug-likeness (QED) is 0.193. The van der Waals surface area contributed by atoms with Gasteiger partial charge in [-0.15, -0.1) is 0 Å². The molecular weight excluding hydrogens is 645 g/mol. The first-order valence-corrected chi connectivity index (χ1v) is 18.2. The largest absolute Gasteiger partial charge is 0.344 e. The summed E-state index contributed by atoms with van der Waals surface area (Å²) in [4.78, 5) is 19.2. The van der Waals surface area contributed by atoms with Crippen LogP contribution >= 0.6 is 0 Å². The molecule has 9 nitrogen and oxygen atoms in total. The molecule has 1 amide bonds. The van der Waals surface area contributed by atoms with Crippen molar-refractivity contribution in [1.29, 1.82) is 0 Å². The fourth-order valence-electron chi connectivity index (χ4n) is 6.56. The first-order chi connectivity index (χ1) is 25.5. The fourth-order valence-corrected chi connectivity index (χ4v) is 6.56. The molecule has 0 spiro atoms. The summed E-state index contributed by atoms with van der Waals surface area (Å²) in [5.74, 6) is 0. The predicted octanol–water partition coefficient (Wildman–Crippen LogP) is 7.12. The number of aromatic amines is 1. The minimum atomic E-state index is -0.0388. The third-order valence-electron chi connectivity index (χ3n) is 9.65. The van der Waals surface area contributed by atoms with Crippen LogP contribution in [0.4, 0.5) is 4.79 Å². The van der Waals surface area contributed by atoms with Gasteiger partial charge in [0.25, 0.3) is 0 Å². The van der Waals surface area contributed by atoms with Crippen LogP contribution < -0.4 is 5.32 Å². The van der Waals surface area contributed by atoms with Crippen LogP contribution in [0.5, 0.6) is 0 Å². The summed E-state index contributed by atoms with van der Waals surface area (Å²) in [5, 5.41) is 13.6. The molecule has 2 aromatic heterocycles. The highest BCUT2D eigenvalue weighted by Crippen LogP contribution is 2.24. The maximum atomic E-state index is 12.4. The van der Waals surface area contributed by atoms with Crippen LogP contribution in [0.15, 0.2) is 134 Å². The molecular formula is C43H50N8O. The van der Waals surface area contributed by atoms with Crippen LogP contribution in [-0.2, 0) is 13.1 Å². The van der Waals surface area contributed by atoms with E-state index in [1.807, 2.05) is 17.0 Å². The van der Waals surface area contributed by atoms with Gasteiger partial charge in [0.1, 0.15) is 0 Å². The standard InChI is InChI=1S/C22H24N4O.C18H22N2.C3H4N2/c1-18-16-20(19-6-3-2-4-7-19)8-9-21(18)17-24-12-14-25(15-13-24)22(27)26-11-5-10-23-26;1-15-13-17(16-5-3-2-4-6-16)7-8-18(15)14-20-11-9-19-10-12-20;1-2-4-5-3-1/h2-11,16H,12-15,17H2,1H3;2-8,13,19H,9-12,14H2,1H3;1-3H,(H,4,5). The van der Waals surface area contributed by atoms with E-state index in [1.165, 1.54) is 49.2 Å². The molecule has 4 aromatic carbocycles. The molecule has 268 valence electrons. The summed E-state index contributed by atoms with van der Waals surface area (Å²) < 4.78 is 1.40. The van der Waals surface area contributed by atoms with Crippen LogP contribution in [-0.4, -0.2) is 93.1 Å². The smallest absolute Gasteiger partial charge is 0.320 e. The molecule has 6 aromatic rings. The molecule has 2 saturated heterocycles. The Morgan fingerprint density at radius 1 is 0.615 bits per heavy atom. The van der Waals surface area contributed by atoms with Crippen molar-refractivity contribution in [2.75, 3.05) is 52.4 Å². The number of piperazine rings is 2. The minimum absolute atomic E-state index is 0.0388. The molecule has 0 unspecified atom stereocenters. The van der Waals surface area contributed by atoms with Gasteiger partial charge in [0.05, 0.1) is 0 Å². The number of hydrogen-bond donors (Lipinski definition) is 2. The molecule has 0 saturated carbocycles. The van der Waals surface area contributed by atoms with Gasteiger partial charge in [-0.2, -0.15) is 14.9 Å². The zero-order valence-corrected chi connectivity index (χ0v) is 30.4. The lowest BCUT2D eigenvalue weighted by molar-refractivity contribution is 0.134. The van der Waals surface area contributed by atoms with E-state index in [-0.39, 0.29) is 6.03 Å². The number of amides is 1. The lowest BCUT2D eigenvalue weighted by atomic mass is 9.99. The normalized spacial score (nSPS) is 14.8. The van der Waals surface area contributed by atoms with Crippen LogP contribution in [0.3, 0.4) is 0 Å². The van der Waals surface area contributed by atoms with Gasteiger partial charge in [-0.25, -0.2) is 4.79 Å². The van der Waals surface area contributed by atoms with Gasteiger partial charge in [-0.05, 0) is 70.5 Å². The third kappa shape index (κ3) is 10.4. The van der Waals surface area contributed by atoms with Crippen molar-refractivity contribution in [3.05, 3.63) is 156 Å². The summed E-state index contributed by atoms with van der Waals surface area (Å²) in [5.41, 5.74) is 10.6. The van der Waals surface area contributed by atoms with E-state index in [0.29, 0.717) is 0 Å². The van der Waals surface area contributed by atoms with Crippen LogP contribution in [0.25, 0.3) is 22.3 Å². The fraction of sp³-hybridized carbons (Fsp3) is 0.279. The zero-order chi connectivity index (χ0) is 36.0. The molecule has 2 aliphatic rings. The van der Waals surface area contributed by atoms with Crippen molar-refractivity contribution in [3.8, 4) is 22.3 Å². The van der Waals surface area contributed by atoms with E-state index in [4.69, 9.17) is 0 Å². The Morgan fingerprint density at radius 3 is 1.62 bits per heavy atom. The summed E-state index contributed by atoms with van der Waals surface area (Å²) in [6.45, 7) is 14.2. The van der Waals surface area contributed by atoms with Gasteiger partial charge in [-0.3, -0.25) is 14.9 Å². The minimum Gasteiger partial charge on any atom is -0.320 e. The van der Waals surface area contributed by atoms with Crippen LogP contribution in [0.2, 0.25) is 0 Å². The summed E-state index contributed by atoms with van der Waals surface area (Å²) in [6.07, 6.45) is 6.79. The van der Waals surface area contributed by atoms with E-state index >= 15 is 0 Å². The van der Waals surface area contributed by atoms with E-state index in [2.05, 4.69) is 135 Å². The molecule has 0 aliphatic carbocycles. The summed E-state index contributed by atoms with van der Waals surface area (Å²) in [6, 6.07) is 38.2. The Balaban J connectivity index is 0.000000162. The SMILES string of the molecule is Cc1cc(-c2ccccc2)ccc1CN1CCN(C(=O)n2cccn2)CC1.Cc1cc(-c2ccccc2)ccc1CN1CCNCC1.c1cn[nH]c1. The van der Waals surface area contributed by atoms with E-state index in [9.17, 15) is 4.79 Å². The first-order valence-electron chi connectivity index (χ1n) is 18.2. The highest BCUT2D eigenvalue weighted by molar-refractivity contribution is 5.76. The average molecular weight is 695 g/mol. The molecule has 2 N–H and O–H groups in total. The van der Waals surface area contributed by atoms with Crippen molar-refractivity contribution >= 4 is 6.03 Å². The predicted molar refractivity (Wildman–Crippen MR) is 210 cm³/mol. The van der Waals surface area contributed by atoms with Crippen molar-refractivity contribution in [2.24, 2.45) is 0 Å². The Bertz CT molecular complexity index is 1900. The number of rotatable bonds is 6. The summed E-state index contributed by atoms with van der Waals surface area (Å²) >= 11 is 0. The third-order valence-corrected chi connectivity index (χ3v) is 9.65. The lowest BCUT2D eigenvalue weighted by Crippen LogP contribution is -2.49. The highest BCUT2D eigenvalue weighted by atomic mass is 16.2. The van der Waals surface area contributed by atoms with E-state index in [0.717, 1.165) is 65.4 Å². The van der Waals surface area contributed by atoms with Gasteiger partial charge < -0.3 is 10.2 Å². The number of carbonyl (C=O) groups is 1. The molecule has 2 fully saturated rings. The highest BCUT2D eigenvalue weighted by Gasteiger charge is 2.22. The van der Waals surface area contributed by atoms with Crippen LogP contribution in [0.1, 0.15) is 22.3 Å². The molecule has 2 aliphatic heterocycles. The van der Waals surface area contributed by atoms with E-state index in [1.54, 1.807) is 30.9 Å².